The summed E-state index contributed by atoms with van der Waals surface area (Å²) < 4.78 is 5.04. The minimum absolute atomic E-state index is 0.197. The number of hydrogen-bond acceptors (Lipinski definition) is 4. The first kappa shape index (κ1) is 18.1. The molecule has 0 bridgehead atoms. The number of rotatable bonds is 6. The monoisotopic (exact) mass is 343 g/mol. The summed E-state index contributed by atoms with van der Waals surface area (Å²) in [7, 11) is 1.56. The van der Waals surface area contributed by atoms with Crippen LogP contribution in [0.2, 0.25) is 0 Å². The maximum absolute atomic E-state index is 12.0. The van der Waals surface area contributed by atoms with Crippen LogP contribution in [-0.4, -0.2) is 24.7 Å². The molecule has 2 amide bonds. The zero-order valence-corrected chi connectivity index (χ0v) is 14.9. The van der Waals surface area contributed by atoms with Gasteiger partial charge in [0.05, 0.1) is 12.9 Å². The Bertz CT molecular complexity index is 694. The molecule has 2 aromatic carbocycles. The van der Waals surface area contributed by atoms with E-state index in [2.05, 4.69) is 31.3 Å². The van der Waals surface area contributed by atoms with Crippen LogP contribution in [0.25, 0.3) is 0 Å². The van der Waals surface area contributed by atoms with Crippen LogP contribution in [0.3, 0.4) is 0 Å². The van der Waals surface area contributed by atoms with E-state index in [0.29, 0.717) is 17.2 Å². The molecular weight excluding hydrogens is 322 g/mol. The minimum Gasteiger partial charge on any atom is -0.497 e. The molecule has 126 valence electrons. The second kappa shape index (κ2) is 8.55. The largest absolute Gasteiger partial charge is 0.497 e. The number of amides is 2. The summed E-state index contributed by atoms with van der Waals surface area (Å²) in [5.41, 5.74) is 1.69. The Kier molecular flexibility index (Phi) is 6.44. The summed E-state index contributed by atoms with van der Waals surface area (Å²) in [6.07, 6.45) is 0. The highest BCUT2D eigenvalue weighted by Gasteiger charge is 2.11. The van der Waals surface area contributed by atoms with E-state index in [-0.39, 0.29) is 11.7 Å². The number of hydrogen-bond donors (Lipinski definition) is 1. The number of nitrogens with one attached hydrogen (secondary N) is 1. The quantitative estimate of drug-likeness (QED) is 0.809. The Labute approximate surface area is 146 Å². The lowest BCUT2D eigenvalue weighted by Gasteiger charge is -2.07. The van der Waals surface area contributed by atoms with Gasteiger partial charge in [-0.25, -0.2) is 0 Å². The molecule has 0 aliphatic carbocycles. The first-order valence-electron chi connectivity index (χ1n) is 7.70. The lowest BCUT2D eigenvalue weighted by Crippen LogP contribution is -2.31. The molecule has 0 aromatic heterocycles. The fraction of sp³-hybridized carbons (Fsp3) is 0.263. The lowest BCUT2D eigenvalue weighted by molar-refractivity contribution is -0.117. The van der Waals surface area contributed by atoms with Gasteiger partial charge in [-0.2, -0.15) is 0 Å². The van der Waals surface area contributed by atoms with Crippen LogP contribution in [0.5, 0.6) is 5.75 Å². The lowest BCUT2D eigenvalue weighted by atomic mass is 10.0. The fourth-order valence-electron chi connectivity index (χ4n) is 2.08. The molecular formula is C19H21NO3S. The standard InChI is InChI=1S/C19H21NO3S/c1-13(2)14-6-10-17(11-7-14)24-12-18(21)20-19(22)15-4-8-16(23-3)9-5-15/h4-11,13H,12H2,1-3H3,(H,20,21,22). The summed E-state index contributed by atoms with van der Waals surface area (Å²) in [6, 6.07) is 14.7. The molecule has 0 spiro atoms. The number of carbonyl (C=O) groups is 2. The average Bonchev–Trinajstić information content (AvgIpc) is 2.60. The minimum atomic E-state index is -0.404. The third kappa shape index (κ3) is 5.13. The molecule has 0 aliphatic heterocycles. The van der Waals surface area contributed by atoms with Crippen molar-refractivity contribution in [2.24, 2.45) is 0 Å². The predicted molar refractivity (Wildman–Crippen MR) is 96.7 cm³/mol. The Balaban J connectivity index is 1.84. The molecule has 0 atom stereocenters. The maximum Gasteiger partial charge on any atom is 0.257 e. The molecule has 0 aliphatic rings. The molecule has 5 heteroatoms. The van der Waals surface area contributed by atoms with Gasteiger partial charge >= 0.3 is 0 Å². The third-order valence-corrected chi connectivity index (χ3v) is 4.53. The number of imide groups is 1. The van der Waals surface area contributed by atoms with Gasteiger partial charge in [0.15, 0.2) is 0 Å². The van der Waals surface area contributed by atoms with Gasteiger partial charge in [-0.05, 0) is 47.9 Å². The second-order valence-corrected chi connectivity index (χ2v) is 6.67. The van der Waals surface area contributed by atoms with Gasteiger partial charge < -0.3 is 4.74 Å². The van der Waals surface area contributed by atoms with Crippen molar-refractivity contribution >= 4 is 23.6 Å². The molecule has 0 fully saturated rings. The number of ether oxygens (including phenoxy) is 1. The molecule has 0 radical (unpaired) electrons. The zero-order valence-electron chi connectivity index (χ0n) is 14.0. The van der Waals surface area contributed by atoms with Gasteiger partial charge in [-0.1, -0.05) is 26.0 Å². The Morgan fingerprint density at radius 1 is 1.04 bits per heavy atom. The van der Waals surface area contributed by atoms with Gasteiger partial charge in [-0.3, -0.25) is 14.9 Å². The number of benzene rings is 2. The first-order valence-corrected chi connectivity index (χ1v) is 8.69. The SMILES string of the molecule is COc1ccc(C(=O)NC(=O)CSc2ccc(C(C)C)cc2)cc1. The first-order chi connectivity index (χ1) is 11.5. The van der Waals surface area contributed by atoms with Crippen molar-refractivity contribution in [1.29, 1.82) is 0 Å². The van der Waals surface area contributed by atoms with E-state index >= 15 is 0 Å². The molecule has 1 N–H and O–H groups in total. The van der Waals surface area contributed by atoms with Crippen molar-refractivity contribution in [2.75, 3.05) is 12.9 Å². The van der Waals surface area contributed by atoms with E-state index in [9.17, 15) is 9.59 Å². The van der Waals surface area contributed by atoms with Crippen LogP contribution in [0.15, 0.2) is 53.4 Å². The topological polar surface area (TPSA) is 55.4 Å². The molecule has 24 heavy (non-hydrogen) atoms. The summed E-state index contributed by atoms with van der Waals surface area (Å²) >= 11 is 1.41. The van der Waals surface area contributed by atoms with Gasteiger partial charge in [0.2, 0.25) is 5.91 Å². The van der Waals surface area contributed by atoms with Crippen molar-refractivity contribution in [2.45, 2.75) is 24.7 Å². The Morgan fingerprint density at radius 3 is 2.21 bits per heavy atom. The molecule has 0 saturated heterocycles. The molecule has 2 rings (SSSR count). The Morgan fingerprint density at radius 2 is 1.67 bits per heavy atom. The van der Waals surface area contributed by atoms with Gasteiger partial charge in [0, 0.05) is 10.5 Å². The normalized spacial score (nSPS) is 10.5. The molecule has 4 nitrogen and oxygen atoms in total. The summed E-state index contributed by atoms with van der Waals surface area (Å²) in [4.78, 5) is 24.9. The highest BCUT2D eigenvalue weighted by Crippen LogP contribution is 2.21. The number of thioether (sulfide) groups is 1. The summed E-state index contributed by atoms with van der Waals surface area (Å²) in [6.45, 7) is 4.28. The van der Waals surface area contributed by atoms with E-state index in [1.807, 2.05) is 12.1 Å². The highest BCUT2D eigenvalue weighted by atomic mass is 32.2. The number of methoxy groups -OCH3 is 1. The van der Waals surface area contributed by atoms with Crippen LogP contribution in [0.1, 0.15) is 35.7 Å². The average molecular weight is 343 g/mol. The molecule has 0 heterocycles. The fourth-order valence-corrected chi connectivity index (χ4v) is 2.77. The number of carbonyl (C=O) groups excluding carboxylic acids is 2. The zero-order chi connectivity index (χ0) is 17.5. The smallest absolute Gasteiger partial charge is 0.257 e. The van der Waals surface area contributed by atoms with Gasteiger partial charge in [-0.15, -0.1) is 11.8 Å². The van der Waals surface area contributed by atoms with Crippen molar-refractivity contribution in [3.05, 3.63) is 59.7 Å². The van der Waals surface area contributed by atoms with Crippen molar-refractivity contribution in [1.82, 2.24) is 5.32 Å². The van der Waals surface area contributed by atoms with Gasteiger partial charge in [0.1, 0.15) is 5.75 Å². The molecule has 0 unspecified atom stereocenters. The maximum atomic E-state index is 12.0. The van der Waals surface area contributed by atoms with E-state index < -0.39 is 5.91 Å². The van der Waals surface area contributed by atoms with Gasteiger partial charge in [0.25, 0.3) is 5.91 Å². The molecule has 2 aromatic rings. The van der Waals surface area contributed by atoms with Crippen LogP contribution < -0.4 is 10.1 Å². The molecule has 0 saturated carbocycles. The van der Waals surface area contributed by atoms with Crippen LogP contribution in [0, 0.1) is 0 Å². The summed E-state index contributed by atoms with van der Waals surface area (Å²) in [5, 5.41) is 2.39. The van der Waals surface area contributed by atoms with Crippen molar-refractivity contribution in [3.8, 4) is 5.75 Å². The van der Waals surface area contributed by atoms with Crippen LogP contribution in [-0.2, 0) is 4.79 Å². The predicted octanol–water partition coefficient (Wildman–Crippen LogP) is 3.87. The van der Waals surface area contributed by atoms with E-state index in [1.165, 1.54) is 17.3 Å². The summed E-state index contributed by atoms with van der Waals surface area (Å²) in [5.74, 6) is 0.628. The van der Waals surface area contributed by atoms with E-state index in [4.69, 9.17) is 4.74 Å². The second-order valence-electron chi connectivity index (χ2n) is 5.62. The van der Waals surface area contributed by atoms with E-state index in [0.717, 1.165) is 4.90 Å². The Hall–Kier alpha value is -2.27. The van der Waals surface area contributed by atoms with Crippen molar-refractivity contribution < 1.29 is 14.3 Å². The third-order valence-electron chi connectivity index (χ3n) is 3.52. The highest BCUT2D eigenvalue weighted by molar-refractivity contribution is 8.00. The van der Waals surface area contributed by atoms with Crippen molar-refractivity contribution in [3.63, 3.8) is 0 Å². The van der Waals surface area contributed by atoms with Crippen LogP contribution in [0.4, 0.5) is 0 Å². The van der Waals surface area contributed by atoms with E-state index in [1.54, 1.807) is 31.4 Å². The van der Waals surface area contributed by atoms with Crippen LogP contribution >= 0.6 is 11.8 Å².